The summed E-state index contributed by atoms with van der Waals surface area (Å²) in [6, 6.07) is 30.3. The fourth-order valence-electron chi connectivity index (χ4n) is 8.77. The molecule has 1 heterocycles. The van der Waals surface area contributed by atoms with Gasteiger partial charge in [0, 0.05) is 29.6 Å². The van der Waals surface area contributed by atoms with Crippen LogP contribution in [0, 0.1) is 5.41 Å². The molecule has 0 radical (unpaired) electrons. The van der Waals surface area contributed by atoms with Gasteiger partial charge in [-0.25, -0.2) is 8.42 Å². The van der Waals surface area contributed by atoms with E-state index < -0.39 is 27.1 Å². The van der Waals surface area contributed by atoms with Crippen LogP contribution in [0.25, 0.3) is 10.8 Å². The minimum Gasteiger partial charge on any atom is -0.497 e. The van der Waals surface area contributed by atoms with Crippen LogP contribution >= 0.6 is 11.3 Å². The van der Waals surface area contributed by atoms with Gasteiger partial charge in [0.05, 0.1) is 18.8 Å². The molecule has 1 fully saturated rings. The van der Waals surface area contributed by atoms with Gasteiger partial charge in [-0.05, 0) is 127 Å². The third-order valence-corrected chi connectivity index (χ3v) is 15.2. The maximum atomic E-state index is 14.6. The molecule has 8 rings (SSSR count). The lowest BCUT2D eigenvalue weighted by molar-refractivity contribution is -0.0731. The van der Waals surface area contributed by atoms with Gasteiger partial charge in [0.15, 0.2) is 5.78 Å². The van der Waals surface area contributed by atoms with Gasteiger partial charge in [-0.1, -0.05) is 79.2 Å². The zero-order valence-corrected chi connectivity index (χ0v) is 32.8. The van der Waals surface area contributed by atoms with Gasteiger partial charge in [-0.15, -0.1) is 11.3 Å². The number of sulfonamides is 1. The van der Waals surface area contributed by atoms with E-state index >= 15 is 0 Å². The Bertz CT molecular complexity index is 2260. The molecule has 4 aromatic carbocycles. The summed E-state index contributed by atoms with van der Waals surface area (Å²) in [5, 5.41) is 27.9. The second-order valence-electron chi connectivity index (χ2n) is 15.3. The molecule has 0 unspecified atom stereocenters. The van der Waals surface area contributed by atoms with Crippen molar-refractivity contribution in [1.29, 1.82) is 0 Å². The lowest BCUT2D eigenvalue weighted by atomic mass is 9.64. The van der Waals surface area contributed by atoms with Gasteiger partial charge in [0.2, 0.25) is 0 Å². The lowest BCUT2D eigenvalue weighted by Crippen LogP contribution is -2.53. The molecule has 2 N–H and O–H groups in total. The molecule has 7 nitrogen and oxygen atoms in total. The van der Waals surface area contributed by atoms with Crippen LogP contribution in [0.5, 0.6) is 5.75 Å². The molecule has 54 heavy (non-hydrogen) atoms. The van der Waals surface area contributed by atoms with Crippen molar-refractivity contribution in [3.05, 3.63) is 142 Å². The Balaban J connectivity index is 1.34. The number of nitrogens with zero attached hydrogens (tertiary/aromatic N) is 1. The van der Waals surface area contributed by atoms with Crippen LogP contribution < -0.4 is 4.74 Å². The number of fused-ring (bicyclic) bond motifs is 9. The number of hydrogen-bond acceptors (Lipinski definition) is 7. The zero-order valence-electron chi connectivity index (χ0n) is 31.2. The average Bonchev–Trinajstić information content (AvgIpc) is 3.81. The molecule has 3 aliphatic rings. The number of aliphatic hydroxyl groups excluding tert-OH is 1. The smallest absolute Gasteiger partial charge is 0.252 e. The average molecular weight is 764 g/mol. The van der Waals surface area contributed by atoms with Crippen molar-refractivity contribution in [2.24, 2.45) is 5.41 Å². The van der Waals surface area contributed by atoms with Gasteiger partial charge >= 0.3 is 0 Å². The first kappa shape index (κ1) is 38.2. The molecule has 1 saturated carbocycles. The predicted molar refractivity (Wildman–Crippen MR) is 216 cm³/mol. The number of thiophene rings is 1. The summed E-state index contributed by atoms with van der Waals surface area (Å²) < 4.78 is 36.2. The van der Waals surface area contributed by atoms with Crippen LogP contribution in [-0.4, -0.2) is 54.1 Å². The summed E-state index contributed by atoms with van der Waals surface area (Å²) >= 11 is 1.18. The van der Waals surface area contributed by atoms with Crippen LogP contribution in [-0.2, 0) is 23.0 Å². The molecule has 2 bridgehead atoms. The molecular weight excluding hydrogens is 715 g/mol. The zero-order chi connectivity index (χ0) is 38.1. The number of allylic oxidation sites excluding steroid dienone is 2. The fraction of sp³-hybridized carbons (Fsp3) is 0.356. The number of ether oxygens (including phenoxy) is 1. The van der Waals surface area contributed by atoms with Crippen molar-refractivity contribution >= 4 is 37.9 Å². The SMILES string of the molecule is COc1ccc(C(=O)c2cc3ccc2[C@@H]2CC[C@@](O)(CN(Cc4cccc5ccccc45)S(=O)(=O)c4cccs4)[C@@]2(C)CCC=C(C)CC[C@H](O)C3)cc1. The summed E-state index contributed by atoms with van der Waals surface area (Å²) in [5.74, 6) is 0.266. The molecule has 0 spiro atoms. The highest BCUT2D eigenvalue weighted by Gasteiger charge is 2.58. The minimum absolute atomic E-state index is 0.0990. The largest absolute Gasteiger partial charge is 0.497 e. The number of ketones is 1. The van der Waals surface area contributed by atoms with Gasteiger partial charge < -0.3 is 14.9 Å². The molecular formula is C45H49NO6S2. The molecule has 4 atom stereocenters. The molecule has 5 aromatic rings. The summed E-state index contributed by atoms with van der Waals surface area (Å²) in [4.78, 5) is 14.5. The Morgan fingerprint density at radius 3 is 2.50 bits per heavy atom. The topological polar surface area (TPSA) is 104 Å². The van der Waals surface area contributed by atoms with Crippen molar-refractivity contribution in [3.63, 3.8) is 0 Å². The minimum atomic E-state index is -4.00. The Morgan fingerprint density at radius 1 is 0.963 bits per heavy atom. The van der Waals surface area contributed by atoms with Crippen LogP contribution in [0.3, 0.4) is 0 Å². The van der Waals surface area contributed by atoms with Crippen LogP contribution in [0.1, 0.15) is 90.9 Å². The Morgan fingerprint density at radius 2 is 1.74 bits per heavy atom. The summed E-state index contributed by atoms with van der Waals surface area (Å²) in [7, 11) is -2.41. The molecule has 9 heteroatoms. The van der Waals surface area contributed by atoms with Crippen molar-refractivity contribution < 1.29 is 28.2 Å². The van der Waals surface area contributed by atoms with E-state index in [9.17, 15) is 23.4 Å². The van der Waals surface area contributed by atoms with Gasteiger partial charge in [0.1, 0.15) is 9.96 Å². The van der Waals surface area contributed by atoms with Gasteiger partial charge in [-0.2, -0.15) is 4.31 Å². The maximum absolute atomic E-state index is 14.6. The molecule has 282 valence electrons. The quantitative estimate of drug-likeness (QED) is 0.115. The third-order valence-electron chi connectivity index (χ3n) is 12.0. The second-order valence-corrected chi connectivity index (χ2v) is 18.5. The number of benzene rings is 4. The number of rotatable bonds is 9. The number of carbonyl (C=O) groups is 1. The van der Waals surface area contributed by atoms with Crippen molar-refractivity contribution in [2.75, 3.05) is 13.7 Å². The van der Waals surface area contributed by atoms with Crippen LogP contribution in [0.4, 0.5) is 0 Å². The normalized spacial score (nSPS) is 23.6. The fourth-order valence-corrected chi connectivity index (χ4v) is 11.4. The molecule has 0 aliphatic heterocycles. The van der Waals surface area contributed by atoms with E-state index in [1.54, 1.807) is 48.9 Å². The van der Waals surface area contributed by atoms with E-state index in [1.807, 2.05) is 60.7 Å². The molecule has 0 saturated heterocycles. The van der Waals surface area contributed by atoms with Crippen molar-refractivity contribution in [2.45, 2.75) is 87.2 Å². The summed E-state index contributed by atoms with van der Waals surface area (Å²) in [6.07, 6.45) is 5.57. The van der Waals surface area contributed by atoms with E-state index in [-0.39, 0.29) is 29.0 Å². The summed E-state index contributed by atoms with van der Waals surface area (Å²) in [6.45, 7) is 4.17. The third kappa shape index (κ3) is 7.45. The molecule has 3 aliphatic carbocycles. The number of aliphatic hydroxyl groups is 2. The molecule has 1 aromatic heterocycles. The Hall–Kier alpha value is -4.12. The number of hydrogen-bond donors (Lipinski definition) is 2. The Labute approximate surface area is 323 Å². The van der Waals surface area contributed by atoms with E-state index in [0.717, 1.165) is 33.9 Å². The van der Waals surface area contributed by atoms with E-state index in [1.165, 1.54) is 21.2 Å². The second kappa shape index (κ2) is 15.6. The Kier molecular flexibility index (Phi) is 11.0. The predicted octanol–water partition coefficient (Wildman–Crippen LogP) is 9.07. The van der Waals surface area contributed by atoms with Crippen molar-refractivity contribution in [3.8, 4) is 5.75 Å². The maximum Gasteiger partial charge on any atom is 0.252 e. The van der Waals surface area contributed by atoms with E-state index in [4.69, 9.17) is 4.74 Å². The van der Waals surface area contributed by atoms with Crippen LogP contribution in [0.15, 0.2) is 118 Å². The highest BCUT2D eigenvalue weighted by molar-refractivity contribution is 7.91. The highest BCUT2D eigenvalue weighted by atomic mass is 32.2. The van der Waals surface area contributed by atoms with Gasteiger partial charge in [0.25, 0.3) is 10.0 Å². The summed E-state index contributed by atoms with van der Waals surface area (Å²) in [5.41, 5.74) is 2.58. The standard InChI is InChI=1S/C45H49NO6S2/c1-31-9-7-24-44(2)41(39-22-16-32(27-36(47)19-15-31)28-40(39)43(48)34-17-20-37(52-3)21-18-34)23-25-45(44,49)30-46(54(50,51)42-14-8-26-53-42)29-35-12-6-11-33-10-4-5-13-38(33)35/h4-6,8-14,16-18,20-22,26,28,36,41,47,49H,7,15,19,23-25,27,29-30H2,1-3H3/t36-,41-,44-,45+/m0/s1. The number of methoxy groups -OCH3 is 1. The van der Waals surface area contributed by atoms with Crippen LogP contribution in [0.2, 0.25) is 0 Å². The van der Waals surface area contributed by atoms with E-state index in [2.05, 4.69) is 19.9 Å². The number of carbonyl (C=O) groups excluding carboxylic acids is 1. The first-order valence-corrected chi connectivity index (χ1v) is 21.1. The monoisotopic (exact) mass is 763 g/mol. The first-order chi connectivity index (χ1) is 25.9. The highest BCUT2D eigenvalue weighted by Crippen LogP contribution is 2.59. The van der Waals surface area contributed by atoms with Crippen molar-refractivity contribution in [1.82, 2.24) is 4.31 Å². The molecule has 0 amide bonds. The van der Waals surface area contributed by atoms with Gasteiger partial charge in [-0.3, -0.25) is 4.79 Å². The van der Waals surface area contributed by atoms with E-state index in [0.29, 0.717) is 55.4 Å². The first-order valence-electron chi connectivity index (χ1n) is 18.8. The lowest BCUT2D eigenvalue weighted by Gasteiger charge is -2.46.